The Bertz CT molecular complexity index is 1430. The Morgan fingerprint density at radius 3 is 2.76 bits per heavy atom. The summed E-state index contributed by atoms with van der Waals surface area (Å²) >= 11 is 0. The third-order valence-corrected chi connectivity index (χ3v) is 5.35. The van der Waals surface area contributed by atoms with Crippen molar-refractivity contribution in [2.75, 3.05) is 13.2 Å². The van der Waals surface area contributed by atoms with Crippen LogP contribution < -0.4 is 4.74 Å². The summed E-state index contributed by atoms with van der Waals surface area (Å²) in [6.45, 7) is 1.08. The molecule has 0 saturated heterocycles. The van der Waals surface area contributed by atoms with Crippen molar-refractivity contribution < 1.29 is 18.3 Å². The number of fused-ring (bicyclic) bond motifs is 1. The van der Waals surface area contributed by atoms with E-state index >= 15 is 0 Å². The molecule has 0 spiro atoms. The van der Waals surface area contributed by atoms with Crippen molar-refractivity contribution >= 4 is 22.5 Å². The number of ether oxygens (including phenoxy) is 1. The SMILES string of the molecule is [NH-]c1ccc(F)c(C(=O)c2c[nH]c3ncc(-c4ccc(OCCN5[C+]=CC=C5)nc4)cc23)c1F. The van der Waals surface area contributed by atoms with Gasteiger partial charge in [-0.3, -0.25) is 4.79 Å². The third kappa shape index (κ3) is 3.96. The molecule has 0 unspecified atom stereocenters. The highest BCUT2D eigenvalue weighted by atomic mass is 19.1. The van der Waals surface area contributed by atoms with Crippen LogP contribution in [0.15, 0.2) is 67.3 Å². The summed E-state index contributed by atoms with van der Waals surface area (Å²) < 4.78 is 34.2. The van der Waals surface area contributed by atoms with Gasteiger partial charge in [0.2, 0.25) is 11.7 Å². The molecular weight excluding hydrogens is 440 g/mol. The second-order valence-electron chi connectivity index (χ2n) is 7.50. The van der Waals surface area contributed by atoms with E-state index in [0.29, 0.717) is 35.6 Å². The minimum absolute atomic E-state index is 0.0579. The van der Waals surface area contributed by atoms with Crippen LogP contribution in [0.4, 0.5) is 14.5 Å². The number of halogens is 2. The Balaban J connectivity index is 1.39. The molecule has 1 aliphatic heterocycles. The van der Waals surface area contributed by atoms with Crippen LogP contribution in [0.3, 0.4) is 0 Å². The van der Waals surface area contributed by atoms with Gasteiger partial charge in [0.15, 0.2) is 6.20 Å². The number of aromatic nitrogens is 3. The maximum atomic E-state index is 14.4. The smallest absolute Gasteiger partial charge is 0.213 e. The number of allylic oxidation sites excluding steroid dienone is 2. The summed E-state index contributed by atoms with van der Waals surface area (Å²) in [5.41, 5.74) is 8.07. The van der Waals surface area contributed by atoms with Crippen LogP contribution in [0.5, 0.6) is 5.88 Å². The first-order chi connectivity index (χ1) is 16.5. The van der Waals surface area contributed by atoms with Crippen molar-refractivity contribution in [3.8, 4) is 17.0 Å². The van der Waals surface area contributed by atoms with Gasteiger partial charge < -0.3 is 15.5 Å². The highest BCUT2D eigenvalue weighted by molar-refractivity contribution is 6.16. The molecule has 7 nitrogen and oxygen atoms in total. The summed E-state index contributed by atoms with van der Waals surface area (Å²) in [6.07, 6.45) is 13.2. The number of benzene rings is 1. The number of hydrogen-bond donors (Lipinski definition) is 1. The molecule has 9 heteroatoms. The Morgan fingerprint density at radius 1 is 1.15 bits per heavy atom. The maximum absolute atomic E-state index is 14.4. The molecule has 4 aromatic rings. The molecule has 3 aromatic heterocycles. The number of ketones is 1. The Labute approximate surface area is 193 Å². The fourth-order valence-electron chi connectivity index (χ4n) is 3.60. The van der Waals surface area contributed by atoms with Gasteiger partial charge in [0.1, 0.15) is 42.2 Å². The van der Waals surface area contributed by atoms with Gasteiger partial charge in [-0.25, -0.2) is 18.7 Å². The van der Waals surface area contributed by atoms with Gasteiger partial charge in [0.25, 0.3) is 0 Å². The van der Waals surface area contributed by atoms with E-state index < -0.39 is 28.7 Å². The molecule has 0 radical (unpaired) electrons. The number of carbonyl (C=O) groups is 1. The van der Waals surface area contributed by atoms with Crippen molar-refractivity contribution in [2.24, 2.45) is 0 Å². The monoisotopic (exact) mass is 457 g/mol. The average Bonchev–Trinajstić information content (AvgIpc) is 3.52. The van der Waals surface area contributed by atoms with Gasteiger partial charge in [0.05, 0.1) is 12.1 Å². The van der Waals surface area contributed by atoms with Crippen LogP contribution in [0.2, 0.25) is 0 Å². The van der Waals surface area contributed by atoms with E-state index in [1.54, 1.807) is 24.5 Å². The lowest BCUT2D eigenvalue weighted by Crippen LogP contribution is -2.17. The number of hydrogen-bond acceptors (Lipinski definition) is 5. The van der Waals surface area contributed by atoms with E-state index in [1.165, 1.54) is 6.20 Å². The molecule has 4 heterocycles. The van der Waals surface area contributed by atoms with Gasteiger partial charge in [0, 0.05) is 46.7 Å². The predicted octanol–water partition coefficient (Wildman–Crippen LogP) is 5.34. The molecule has 1 aromatic carbocycles. The van der Waals surface area contributed by atoms with E-state index in [9.17, 15) is 13.6 Å². The highest BCUT2D eigenvalue weighted by Gasteiger charge is 2.22. The van der Waals surface area contributed by atoms with E-state index in [4.69, 9.17) is 10.5 Å². The summed E-state index contributed by atoms with van der Waals surface area (Å²) in [5, 5.41) is 0.403. The zero-order valence-corrected chi connectivity index (χ0v) is 17.7. The molecule has 168 valence electrons. The standard InChI is InChI=1S/C25H17F2N5O2/c26-19-4-5-20(28)23(27)22(19)24(33)18-14-31-25-17(18)11-16(13-30-25)15-3-6-21(29-12-15)34-10-9-32-7-1-2-8-32/h1-7,11-14,28H,9-10H2,(H,30,31,33). The molecule has 0 fully saturated rings. The number of nitrogens with one attached hydrogen (secondary N) is 2. The molecular formula is C25H17F2N5O2. The Morgan fingerprint density at radius 2 is 2.00 bits per heavy atom. The number of pyridine rings is 2. The van der Waals surface area contributed by atoms with Crippen LogP contribution in [-0.2, 0) is 0 Å². The predicted molar refractivity (Wildman–Crippen MR) is 122 cm³/mol. The fourth-order valence-corrected chi connectivity index (χ4v) is 3.60. The van der Waals surface area contributed by atoms with Gasteiger partial charge in [-0.05, 0) is 18.2 Å². The first-order valence-electron chi connectivity index (χ1n) is 10.3. The van der Waals surface area contributed by atoms with E-state index in [0.717, 1.165) is 17.7 Å². The number of carbonyl (C=O) groups excluding carboxylic acids is 1. The van der Waals surface area contributed by atoms with Crippen LogP contribution in [0.25, 0.3) is 27.9 Å². The van der Waals surface area contributed by atoms with Gasteiger partial charge in [-0.2, -0.15) is 4.90 Å². The average molecular weight is 457 g/mol. The largest absolute Gasteiger partial charge is 0.696 e. The molecule has 0 amide bonds. The van der Waals surface area contributed by atoms with Crippen LogP contribution in [0.1, 0.15) is 15.9 Å². The van der Waals surface area contributed by atoms with Gasteiger partial charge >= 0.3 is 0 Å². The summed E-state index contributed by atoms with van der Waals surface area (Å²) in [7, 11) is 0. The van der Waals surface area contributed by atoms with Crippen molar-refractivity contribution in [3.63, 3.8) is 0 Å². The number of H-pyrrole nitrogens is 1. The van der Waals surface area contributed by atoms with Gasteiger partial charge in [-0.15, -0.1) is 5.69 Å². The van der Waals surface area contributed by atoms with E-state index in [1.807, 2.05) is 29.3 Å². The summed E-state index contributed by atoms with van der Waals surface area (Å²) in [5.74, 6) is -2.62. The molecule has 1 aliphatic rings. The lowest BCUT2D eigenvalue weighted by atomic mass is 10.00. The molecule has 0 saturated carbocycles. The minimum Gasteiger partial charge on any atom is -0.696 e. The van der Waals surface area contributed by atoms with E-state index in [2.05, 4.69) is 21.2 Å². The number of rotatable bonds is 7. The first-order valence-corrected chi connectivity index (χ1v) is 10.3. The lowest BCUT2D eigenvalue weighted by Gasteiger charge is -2.10. The first kappa shape index (κ1) is 21.2. The van der Waals surface area contributed by atoms with Gasteiger partial charge in [-0.1, -0.05) is 6.07 Å². The second-order valence-corrected chi connectivity index (χ2v) is 7.50. The van der Waals surface area contributed by atoms with Crippen molar-refractivity contribution in [2.45, 2.75) is 0 Å². The van der Waals surface area contributed by atoms with Crippen molar-refractivity contribution in [1.82, 2.24) is 19.9 Å². The third-order valence-electron chi connectivity index (χ3n) is 5.35. The van der Waals surface area contributed by atoms with Crippen molar-refractivity contribution in [3.05, 3.63) is 102 Å². The topological polar surface area (TPSA) is 94.9 Å². The molecule has 5 rings (SSSR count). The molecule has 34 heavy (non-hydrogen) atoms. The van der Waals surface area contributed by atoms with E-state index in [-0.39, 0.29) is 5.56 Å². The van der Waals surface area contributed by atoms with Crippen LogP contribution in [-0.4, -0.2) is 38.8 Å². The van der Waals surface area contributed by atoms with Crippen molar-refractivity contribution in [1.29, 1.82) is 0 Å². The fraction of sp³-hybridized carbons (Fsp3) is 0.0800. The Hall–Kier alpha value is -4.62. The van der Waals surface area contributed by atoms with Crippen LogP contribution >= 0.6 is 0 Å². The summed E-state index contributed by atoms with van der Waals surface area (Å²) in [6, 6.07) is 7.11. The molecule has 2 N–H and O–H groups in total. The highest BCUT2D eigenvalue weighted by Crippen LogP contribution is 2.29. The Kier molecular flexibility index (Phi) is 5.45. The lowest BCUT2D eigenvalue weighted by molar-refractivity contribution is 0.103. The quantitative estimate of drug-likeness (QED) is 0.298. The zero-order valence-electron chi connectivity index (χ0n) is 17.7. The molecule has 0 atom stereocenters. The number of aromatic amines is 1. The minimum atomic E-state index is -1.20. The summed E-state index contributed by atoms with van der Waals surface area (Å²) in [4.78, 5) is 26.3. The van der Waals surface area contributed by atoms with Crippen LogP contribution in [0, 0.1) is 17.8 Å². The normalized spacial score (nSPS) is 12.4. The molecule has 0 aliphatic carbocycles. The molecule has 0 bridgehead atoms. The second kappa shape index (κ2) is 8.73. The maximum Gasteiger partial charge on any atom is 0.213 e. The number of nitrogens with zero attached hydrogens (tertiary/aromatic N) is 3. The zero-order chi connectivity index (χ0) is 23.7.